The number of carbonyl (C=O) groups excluding carboxylic acids is 1. The molecular weight excluding hydrogens is 224 g/mol. The number of likely N-dealkylation sites (N-methyl/N-ethyl adjacent to an activating group) is 1. The zero-order valence-corrected chi connectivity index (χ0v) is 10.4. The molecule has 2 heterocycles. The number of amides is 1. The van der Waals surface area contributed by atoms with Crippen molar-refractivity contribution < 1.29 is 4.79 Å². The third-order valence-electron chi connectivity index (χ3n) is 2.99. The lowest BCUT2D eigenvalue weighted by molar-refractivity contribution is 0.0747. The van der Waals surface area contributed by atoms with E-state index in [4.69, 9.17) is 0 Å². The maximum atomic E-state index is 12.2. The summed E-state index contributed by atoms with van der Waals surface area (Å²) in [6, 6.07) is 0.305. The lowest BCUT2D eigenvalue weighted by Gasteiger charge is -2.23. The Morgan fingerprint density at radius 2 is 2.50 bits per heavy atom. The van der Waals surface area contributed by atoms with Crippen LogP contribution in [-0.4, -0.2) is 46.6 Å². The van der Waals surface area contributed by atoms with Crippen LogP contribution in [0.15, 0.2) is 0 Å². The summed E-state index contributed by atoms with van der Waals surface area (Å²) in [5, 5.41) is 7.23. The van der Waals surface area contributed by atoms with Crippen LogP contribution in [0.3, 0.4) is 0 Å². The predicted molar refractivity (Wildman–Crippen MR) is 62.7 cm³/mol. The third kappa shape index (κ3) is 2.08. The number of carbonyl (C=O) groups is 1. The van der Waals surface area contributed by atoms with E-state index in [0.29, 0.717) is 10.9 Å². The van der Waals surface area contributed by atoms with Gasteiger partial charge in [0.2, 0.25) is 0 Å². The van der Waals surface area contributed by atoms with E-state index in [0.717, 1.165) is 31.6 Å². The average molecular weight is 240 g/mol. The first-order valence-electron chi connectivity index (χ1n) is 5.53. The van der Waals surface area contributed by atoms with E-state index in [-0.39, 0.29) is 5.91 Å². The van der Waals surface area contributed by atoms with Gasteiger partial charge in [0.05, 0.1) is 5.69 Å². The van der Waals surface area contributed by atoms with Gasteiger partial charge in [0.1, 0.15) is 4.88 Å². The largest absolute Gasteiger partial charge is 0.337 e. The molecular formula is C10H16N4OS. The number of rotatable bonds is 3. The number of aryl methyl sites for hydroxylation is 1. The van der Waals surface area contributed by atoms with Gasteiger partial charge in [0.25, 0.3) is 5.91 Å². The molecule has 1 aliphatic rings. The second-order valence-corrected chi connectivity index (χ2v) is 4.72. The van der Waals surface area contributed by atoms with Gasteiger partial charge in [-0.3, -0.25) is 4.79 Å². The molecule has 6 heteroatoms. The van der Waals surface area contributed by atoms with Gasteiger partial charge in [-0.15, -0.1) is 5.10 Å². The summed E-state index contributed by atoms with van der Waals surface area (Å²) in [7, 11) is 1.86. The molecule has 16 heavy (non-hydrogen) atoms. The number of hydrogen-bond donors (Lipinski definition) is 1. The van der Waals surface area contributed by atoms with Crippen LogP contribution < -0.4 is 5.32 Å². The van der Waals surface area contributed by atoms with E-state index in [1.807, 2.05) is 18.9 Å². The highest BCUT2D eigenvalue weighted by Crippen LogP contribution is 2.16. The predicted octanol–water partition coefficient (Wildman–Crippen LogP) is 0.534. The Labute approximate surface area is 99.0 Å². The minimum Gasteiger partial charge on any atom is -0.337 e. The first-order chi connectivity index (χ1) is 7.74. The zero-order chi connectivity index (χ0) is 11.5. The minimum atomic E-state index is 0.0561. The topological polar surface area (TPSA) is 58.1 Å². The Kier molecular flexibility index (Phi) is 3.50. The molecule has 1 saturated heterocycles. The Morgan fingerprint density at radius 1 is 1.69 bits per heavy atom. The van der Waals surface area contributed by atoms with Crippen molar-refractivity contribution in [3.05, 3.63) is 10.6 Å². The second kappa shape index (κ2) is 4.88. The van der Waals surface area contributed by atoms with Crippen molar-refractivity contribution >= 4 is 17.4 Å². The maximum absolute atomic E-state index is 12.2. The average Bonchev–Trinajstić information content (AvgIpc) is 2.97. The normalized spacial score (nSPS) is 20.0. The van der Waals surface area contributed by atoms with Crippen molar-refractivity contribution in [2.24, 2.45) is 0 Å². The summed E-state index contributed by atoms with van der Waals surface area (Å²) >= 11 is 1.20. The molecule has 1 atom stereocenters. The van der Waals surface area contributed by atoms with Crippen LogP contribution in [0.5, 0.6) is 0 Å². The van der Waals surface area contributed by atoms with Crippen molar-refractivity contribution in [3.63, 3.8) is 0 Å². The zero-order valence-electron chi connectivity index (χ0n) is 9.56. The van der Waals surface area contributed by atoms with E-state index >= 15 is 0 Å². The van der Waals surface area contributed by atoms with E-state index in [2.05, 4.69) is 14.9 Å². The molecule has 0 aromatic carbocycles. The second-order valence-electron chi connectivity index (χ2n) is 3.96. The molecule has 88 valence electrons. The number of nitrogens with one attached hydrogen (secondary N) is 1. The Bertz CT molecular complexity index is 373. The van der Waals surface area contributed by atoms with E-state index < -0.39 is 0 Å². The fourth-order valence-electron chi connectivity index (χ4n) is 1.90. The van der Waals surface area contributed by atoms with Gasteiger partial charge < -0.3 is 10.2 Å². The molecule has 1 unspecified atom stereocenters. The van der Waals surface area contributed by atoms with Crippen LogP contribution in [0.2, 0.25) is 0 Å². The van der Waals surface area contributed by atoms with Crippen molar-refractivity contribution in [2.75, 3.05) is 20.1 Å². The van der Waals surface area contributed by atoms with Gasteiger partial charge in [0.15, 0.2) is 0 Å². The van der Waals surface area contributed by atoms with E-state index in [9.17, 15) is 4.79 Å². The molecule has 0 aliphatic carbocycles. The SMILES string of the molecule is CCc1nnsc1C(=O)N(C)C1CCNC1. The summed E-state index contributed by atoms with van der Waals surface area (Å²) in [6.45, 7) is 3.87. The first-order valence-corrected chi connectivity index (χ1v) is 6.30. The summed E-state index contributed by atoms with van der Waals surface area (Å²) in [5.41, 5.74) is 0.813. The number of aromatic nitrogens is 2. The molecule has 0 bridgehead atoms. The summed E-state index contributed by atoms with van der Waals surface area (Å²) in [4.78, 5) is 14.7. The summed E-state index contributed by atoms with van der Waals surface area (Å²) in [5.74, 6) is 0.0561. The molecule has 2 rings (SSSR count). The van der Waals surface area contributed by atoms with Crippen LogP contribution >= 0.6 is 11.5 Å². The first kappa shape index (κ1) is 11.5. The van der Waals surface area contributed by atoms with Crippen LogP contribution in [-0.2, 0) is 6.42 Å². The van der Waals surface area contributed by atoms with Crippen molar-refractivity contribution in [3.8, 4) is 0 Å². The van der Waals surface area contributed by atoms with Crippen LogP contribution in [0.25, 0.3) is 0 Å². The van der Waals surface area contributed by atoms with Crippen LogP contribution in [0.1, 0.15) is 28.7 Å². The monoisotopic (exact) mass is 240 g/mol. The Hall–Kier alpha value is -1.01. The van der Waals surface area contributed by atoms with Crippen LogP contribution in [0, 0.1) is 0 Å². The Balaban J connectivity index is 2.11. The minimum absolute atomic E-state index is 0.0561. The van der Waals surface area contributed by atoms with Gasteiger partial charge in [-0.2, -0.15) is 0 Å². The number of nitrogens with zero attached hydrogens (tertiary/aromatic N) is 3. The highest BCUT2D eigenvalue weighted by molar-refractivity contribution is 7.07. The van der Waals surface area contributed by atoms with Crippen molar-refractivity contribution in [1.29, 1.82) is 0 Å². The quantitative estimate of drug-likeness (QED) is 0.837. The standard InChI is InChI=1S/C10H16N4OS/c1-3-8-9(16-13-12-8)10(15)14(2)7-4-5-11-6-7/h7,11H,3-6H2,1-2H3. The molecule has 1 aromatic heterocycles. The lowest BCUT2D eigenvalue weighted by Crippen LogP contribution is -2.38. The molecule has 0 radical (unpaired) electrons. The van der Waals surface area contributed by atoms with Gasteiger partial charge in [0, 0.05) is 19.6 Å². The lowest BCUT2D eigenvalue weighted by atomic mass is 10.2. The van der Waals surface area contributed by atoms with E-state index in [1.54, 1.807) is 0 Å². The molecule has 5 nitrogen and oxygen atoms in total. The highest BCUT2D eigenvalue weighted by atomic mass is 32.1. The number of hydrogen-bond acceptors (Lipinski definition) is 5. The molecule has 0 spiro atoms. The highest BCUT2D eigenvalue weighted by Gasteiger charge is 2.26. The molecule has 1 N–H and O–H groups in total. The van der Waals surface area contributed by atoms with Gasteiger partial charge in [-0.1, -0.05) is 11.4 Å². The fraction of sp³-hybridized carbons (Fsp3) is 0.700. The Morgan fingerprint density at radius 3 is 3.12 bits per heavy atom. The van der Waals surface area contributed by atoms with E-state index in [1.165, 1.54) is 11.5 Å². The molecule has 1 aromatic rings. The molecule has 1 amide bonds. The summed E-state index contributed by atoms with van der Waals surface area (Å²) in [6.07, 6.45) is 1.78. The fourth-order valence-corrected chi connectivity index (χ4v) is 2.63. The smallest absolute Gasteiger partial charge is 0.267 e. The third-order valence-corrected chi connectivity index (χ3v) is 3.74. The van der Waals surface area contributed by atoms with Gasteiger partial charge in [-0.05, 0) is 30.9 Å². The maximum Gasteiger partial charge on any atom is 0.267 e. The van der Waals surface area contributed by atoms with Crippen LogP contribution in [0.4, 0.5) is 0 Å². The molecule has 0 saturated carbocycles. The molecule has 1 aliphatic heterocycles. The van der Waals surface area contributed by atoms with Crippen molar-refractivity contribution in [1.82, 2.24) is 19.8 Å². The molecule has 1 fully saturated rings. The summed E-state index contributed by atoms with van der Waals surface area (Å²) < 4.78 is 3.85. The van der Waals surface area contributed by atoms with Crippen molar-refractivity contribution in [2.45, 2.75) is 25.8 Å². The van der Waals surface area contributed by atoms with Gasteiger partial charge >= 0.3 is 0 Å². The van der Waals surface area contributed by atoms with Gasteiger partial charge in [-0.25, -0.2) is 0 Å².